The van der Waals surface area contributed by atoms with E-state index >= 15 is 0 Å². The molecule has 5 heteroatoms. The number of benzene rings is 3. The highest BCUT2D eigenvalue weighted by molar-refractivity contribution is 14.1. The van der Waals surface area contributed by atoms with Crippen LogP contribution in [-0.4, -0.2) is 18.5 Å². The molecule has 1 N–H and O–H groups in total. The van der Waals surface area contributed by atoms with E-state index in [1.54, 1.807) is 6.07 Å². The van der Waals surface area contributed by atoms with E-state index in [0.29, 0.717) is 5.69 Å². The normalized spacial score (nSPS) is 10.5. The summed E-state index contributed by atoms with van der Waals surface area (Å²) in [5.74, 6) is -0.879. The number of amides is 1. The maximum atomic E-state index is 12.4. The number of hydrogen-bond donors (Lipinski definition) is 1. The molecule has 0 spiro atoms. The van der Waals surface area contributed by atoms with Crippen molar-refractivity contribution >= 4 is 40.2 Å². The zero-order valence-electron chi connectivity index (χ0n) is 15.2. The smallest absolute Gasteiger partial charge is 0.307 e. The molecule has 0 aliphatic carbocycles. The Labute approximate surface area is 178 Å². The molecule has 0 saturated heterocycles. The molecule has 0 unspecified atom stereocenters. The number of hydrogen-bond acceptors (Lipinski definition) is 3. The second kappa shape index (κ2) is 10.0. The monoisotopic (exact) mass is 485 g/mol. The molecule has 4 nitrogen and oxygen atoms in total. The molecule has 0 saturated carbocycles. The summed E-state index contributed by atoms with van der Waals surface area (Å²) >= 11 is 2.17. The number of rotatable bonds is 7. The van der Waals surface area contributed by atoms with Gasteiger partial charge in [0.05, 0.1) is 6.42 Å². The average molecular weight is 485 g/mol. The van der Waals surface area contributed by atoms with Crippen molar-refractivity contribution in [3.63, 3.8) is 0 Å². The molecule has 3 rings (SSSR count). The molecule has 0 aromatic heterocycles. The van der Waals surface area contributed by atoms with E-state index in [1.165, 1.54) is 0 Å². The topological polar surface area (TPSA) is 55.4 Å². The van der Waals surface area contributed by atoms with Gasteiger partial charge in [0.25, 0.3) is 5.91 Å². The zero-order valence-corrected chi connectivity index (χ0v) is 17.3. The minimum Gasteiger partial charge on any atom is -0.456 e. The van der Waals surface area contributed by atoms with Crippen molar-refractivity contribution in [1.29, 1.82) is 0 Å². The molecule has 3 aromatic rings. The summed E-state index contributed by atoms with van der Waals surface area (Å²) in [6.45, 7) is -0.305. The van der Waals surface area contributed by atoms with Gasteiger partial charge in [0.1, 0.15) is 0 Å². The van der Waals surface area contributed by atoms with Gasteiger partial charge in [-0.2, -0.15) is 0 Å². The fourth-order valence-corrected chi connectivity index (χ4v) is 3.48. The molecular formula is C23H20INO3. The Hall–Kier alpha value is -2.67. The lowest BCUT2D eigenvalue weighted by Crippen LogP contribution is -2.22. The van der Waals surface area contributed by atoms with Crippen molar-refractivity contribution in [1.82, 2.24) is 0 Å². The number of esters is 1. The zero-order chi connectivity index (χ0) is 19.8. The largest absolute Gasteiger partial charge is 0.456 e. The van der Waals surface area contributed by atoms with Crippen LogP contribution in [-0.2, 0) is 14.3 Å². The summed E-state index contributed by atoms with van der Waals surface area (Å²) in [6.07, 6.45) is 0.171. The van der Waals surface area contributed by atoms with E-state index in [1.807, 2.05) is 78.9 Å². The molecule has 3 aromatic carbocycles. The third-order valence-corrected chi connectivity index (χ3v) is 4.92. The van der Waals surface area contributed by atoms with E-state index in [2.05, 4.69) is 27.9 Å². The summed E-state index contributed by atoms with van der Waals surface area (Å²) in [5, 5.41) is 2.73. The van der Waals surface area contributed by atoms with Crippen LogP contribution < -0.4 is 5.32 Å². The van der Waals surface area contributed by atoms with Gasteiger partial charge in [0.15, 0.2) is 6.61 Å². The Bertz CT molecular complexity index is 889. The number of carbonyl (C=O) groups excluding carboxylic acids is 2. The molecule has 0 fully saturated rings. The number of ether oxygens (including phenoxy) is 1. The van der Waals surface area contributed by atoms with Crippen LogP contribution in [0.1, 0.15) is 23.5 Å². The molecule has 0 heterocycles. The lowest BCUT2D eigenvalue weighted by Gasteiger charge is -2.17. The van der Waals surface area contributed by atoms with Crippen LogP contribution in [0.2, 0.25) is 0 Å². The minimum absolute atomic E-state index is 0.117. The molecule has 0 bridgehead atoms. The first-order valence-corrected chi connectivity index (χ1v) is 10.0. The van der Waals surface area contributed by atoms with Crippen molar-refractivity contribution in [2.75, 3.05) is 11.9 Å². The summed E-state index contributed by atoms with van der Waals surface area (Å²) in [5.41, 5.74) is 2.75. The molecular weight excluding hydrogens is 465 g/mol. The fourth-order valence-electron chi connectivity index (χ4n) is 2.93. The lowest BCUT2D eigenvalue weighted by molar-refractivity contribution is -0.147. The van der Waals surface area contributed by atoms with Gasteiger partial charge < -0.3 is 10.1 Å². The third-order valence-electron chi connectivity index (χ3n) is 4.25. The molecule has 0 radical (unpaired) electrons. The Morgan fingerprint density at radius 2 is 1.46 bits per heavy atom. The predicted octanol–water partition coefficient (Wildman–Crippen LogP) is 5.00. The Balaban J connectivity index is 1.60. The van der Waals surface area contributed by atoms with Gasteiger partial charge in [-0.15, -0.1) is 0 Å². The van der Waals surface area contributed by atoms with Crippen LogP contribution in [0.3, 0.4) is 0 Å². The maximum Gasteiger partial charge on any atom is 0.307 e. The van der Waals surface area contributed by atoms with E-state index in [0.717, 1.165) is 14.7 Å². The van der Waals surface area contributed by atoms with E-state index in [4.69, 9.17) is 4.74 Å². The summed E-state index contributed by atoms with van der Waals surface area (Å²) in [7, 11) is 0. The van der Waals surface area contributed by atoms with Gasteiger partial charge in [-0.05, 0) is 51.9 Å². The highest BCUT2D eigenvalue weighted by Gasteiger charge is 2.19. The van der Waals surface area contributed by atoms with Gasteiger partial charge in [0, 0.05) is 15.2 Å². The molecule has 1 amide bonds. The van der Waals surface area contributed by atoms with Gasteiger partial charge in [0.2, 0.25) is 0 Å². The molecule has 0 aliphatic rings. The number of nitrogens with one attached hydrogen (secondary N) is 1. The lowest BCUT2D eigenvalue weighted by atomic mass is 9.89. The number of anilines is 1. The number of halogens is 1. The first-order chi connectivity index (χ1) is 13.6. The van der Waals surface area contributed by atoms with Crippen LogP contribution in [0.15, 0.2) is 84.9 Å². The van der Waals surface area contributed by atoms with Crippen molar-refractivity contribution in [2.45, 2.75) is 12.3 Å². The van der Waals surface area contributed by atoms with Gasteiger partial charge >= 0.3 is 5.97 Å². The molecule has 142 valence electrons. The van der Waals surface area contributed by atoms with Gasteiger partial charge in [-0.3, -0.25) is 9.59 Å². The summed E-state index contributed by atoms with van der Waals surface area (Å²) < 4.78 is 6.24. The Morgan fingerprint density at radius 1 is 0.857 bits per heavy atom. The van der Waals surface area contributed by atoms with Crippen molar-refractivity contribution in [3.8, 4) is 0 Å². The fraction of sp³-hybridized carbons (Fsp3) is 0.130. The van der Waals surface area contributed by atoms with Gasteiger partial charge in [-0.25, -0.2) is 0 Å². The van der Waals surface area contributed by atoms with E-state index < -0.39 is 5.97 Å². The Morgan fingerprint density at radius 3 is 2.04 bits per heavy atom. The second-order valence-corrected chi connectivity index (χ2v) is 7.54. The standard InChI is InChI=1S/C23H20INO3/c24-19-12-7-13-20(14-19)25-22(26)16-28-23(27)15-21(17-8-3-1-4-9-17)18-10-5-2-6-11-18/h1-14,21H,15-16H2,(H,25,26). The second-order valence-electron chi connectivity index (χ2n) is 6.30. The first-order valence-electron chi connectivity index (χ1n) is 8.93. The quantitative estimate of drug-likeness (QED) is 0.379. The van der Waals surface area contributed by atoms with E-state index in [9.17, 15) is 9.59 Å². The van der Waals surface area contributed by atoms with Crippen LogP contribution in [0, 0.1) is 3.57 Å². The molecule has 0 aliphatic heterocycles. The molecule has 0 atom stereocenters. The predicted molar refractivity (Wildman–Crippen MR) is 118 cm³/mol. The minimum atomic E-state index is -0.407. The van der Waals surface area contributed by atoms with Crippen molar-refractivity contribution in [3.05, 3.63) is 99.6 Å². The summed E-state index contributed by atoms with van der Waals surface area (Å²) in [6, 6.07) is 27.1. The number of carbonyl (C=O) groups is 2. The van der Waals surface area contributed by atoms with Crippen LogP contribution in [0.25, 0.3) is 0 Å². The first kappa shape index (κ1) is 20.1. The highest BCUT2D eigenvalue weighted by atomic mass is 127. The third kappa shape index (κ3) is 5.92. The maximum absolute atomic E-state index is 12.4. The van der Waals surface area contributed by atoms with Crippen LogP contribution in [0.4, 0.5) is 5.69 Å². The van der Waals surface area contributed by atoms with Crippen LogP contribution in [0.5, 0.6) is 0 Å². The van der Waals surface area contributed by atoms with Gasteiger partial charge in [-0.1, -0.05) is 66.7 Å². The highest BCUT2D eigenvalue weighted by Crippen LogP contribution is 2.28. The SMILES string of the molecule is O=C(COC(=O)CC(c1ccccc1)c1ccccc1)Nc1cccc(I)c1. The van der Waals surface area contributed by atoms with E-state index in [-0.39, 0.29) is 24.9 Å². The average Bonchev–Trinajstić information content (AvgIpc) is 2.72. The Kier molecular flexibility index (Phi) is 7.19. The van der Waals surface area contributed by atoms with Crippen LogP contribution >= 0.6 is 22.6 Å². The molecule has 28 heavy (non-hydrogen) atoms. The summed E-state index contributed by atoms with van der Waals surface area (Å²) in [4.78, 5) is 24.5. The van der Waals surface area contributed by atoms with Crippen molar-refractivity contribution in [2.24, 2.45) is 0 Å². The van der Waals surface area contributed by atoms with Crippen molar-refractivity contribution < 1.29 is 14.3 Å².